The number of halogens is 2. The zero-order valence-corrected chi connectivity index (χ0v) is 14.2. The fourth-order valence-corrected chi connectivity index (χ4v) is 2.93. The Hall–Kier alpha value is -1.52. The molecule has 0 aliphatic heterocycles. The van der Waals surface area contributed by atoms with Crippen LogP contribution >= 0.6 is 23.2 Å². The summed E-state index contributed by atoms with van der Waals surface area (Å²) in [5, 5.41) is 7.69. The third-order valence-electron chi connectivity index (χ3n) is 3.49. The normalized spacial score (nSPS) is 12.2. The highest BCUT2D eigenvalue weighted by molar-refractivity contribution is 6.33. The molecule has 2 aromatic rings. The Morgan fingerprint density at radius 2 is 2.00 bits per heavy atom. The van der Waals surface area contributed by atoms with Crippen LogP contribution in [-0.2, 0) is 13.5 Å². The predicted molar refractivity (Wildman–Crippen MR) is 92.1 cm³/mol. The minimum absolute atomic E-state index is 0.0880. The molecule has 1 aromatic carbocycles. The highest BCUT2D eigenvalue weighted by Crippen LogP contribution is 2.22. The van der Waals surface area contributed by atoms with Gasteiger partial charge in [0.15, 0.2) is 0 Å². The molecule has 0 saturated carbocycles. The van der Waals surface area contributed by atoms with Crippen molar-refractivity contribution in [1.82, 2.24) is 9.78 Å². The Labute approximate surface area is 140 Å². The third-order valence-corrected chi connectivity index (χ3v) is 4.06. The summed E-state index contributed by atoms with van der Waals surface area (Å²) in [6, 6.07) is 10.2. The van der Waals surface area contributed by atoms with Crippen molar-refractivity contribution in [2.24, 2.45) is 7.05 Å². The van der Waals surface area contributed by atoms with E-state index in [-0.39, 0.29) is 16.6 Å². The van der Waals surface area contributed by atoms with Gasteiger partial charge in [-0.2, -0.15) is 5.10 Å². The molecule has 0 amide bonds. The molecule has 22 heavy (non-hydrogen) atoms. The number of aromatic nitrogens is 2. The number of nitrogens with one attached hydrogen (secondary N) is 1. The summed E-state index contributed by atoms with van der Waals surface area (Å²) >= 11 is 12.1. The topological polar surface area (TPSA) is 46.9 Å². The first-order valence-corrected chi connectivity index (χ1v) is 8.04. The lowest BCUT2D eigenvalue weighted by atomic mass is 10.0. The Morgan fingerprint density at radius 1 is 1.32 bits per heavy atom. The summed E-state index contributed by atoms with van der Waals surface area (Å²) in [6.45, 7) is 1.83. The summed E-state index contributed by atoms with van der Waals surface area (Å²) < 4.78 is 1.25. The van der Waals surface area contributed by atoms with E-state index in [0.717, 1.165) is 12.8 Å². The molecule has 0 aliphatic rings. The van der Waals surface area contributed by atoms with Crippen LogP contribution in [0.2, 0.25) is 5.02 Å². The molecule has 0 radical (unpaired) electrons. The number of nitrogens with zero attached hydrogens (tertiary/aromatic N) is 2. The van der Waals surface area contributed by atoms with E-state index in [2.05, 4.69) is 22.5 Å². The summed E-state index contributed by atoms with van der Waals surface area (Å²) in [5.41, 5.74) is 2.19. The van der Waals surface area contributed by atoms with Crippen LogP contribution in [0.15, 0.2) is 35.1 Å². The molecule has 1 N–H and O–H groups in total. The van der Waals surface area contributed by atoms with Gasteiger partial charge in [0.1, 0.15) is 5.02 Å². The smallest absolute Gasteiger partial charge is 0.287 e. The summed E-state index contributed by atoms with van der Waals surface area (Å²) in [6.07, 6.45) is 1.57. The van der Waals surface area contributed by atoms with Gasteiger partial charge in [0.25, 0.3) is 5.56 Å². The van der Waals surface area contributed by atoms with E-state index in [0.29, 0.717) is 17.3 Å². The fourth-order valence-electron chi connectivity index (χ4n) is 2.36. The number of anilines is 1. The lowest BCUT2D eigenvalue weighted by Crippen LogP contribution is -2.28. The predicted octanol–water partition coefficient (Wildman–Crippen LogP) is 3.39. The molecule has 1 aromatic heterocycles. The van der Waals surface area contributed by atoms with Crippen LogP contribution in [0.4, 0.5) is 5.69 Å². The van der Waals surface area contributed by atoms with Gasteiger partial charge in [0.05, 0.1) is 11.4 Å². The van der Waals surface area contributed by atoms with Crippen molar-refractivity contribution in [3.63, 3.8) is 0 Å². The Kier molecular flexibility index (Phi) is 5.86. The molecular formula is C16H19Cl2N3O. The van der Waals surface area contributed by atoms with E-state index in [4.69, 9.17) is 23.2 Å². The van der Waals surface area contributed by atoms with Crippen molar-refractivity contribution in [1.29, 1.82) is 0 Å². The average molecular weight is 340 g/mol. The number of hydrogen-bond acceptors (Lipinski definition) is 3. The molecule has 0 saturated heterocycles. The van der Waals surface area contributed by atoms with Crippen LogP contribution in [-0.4, -0.2) is 21.7 Å². The van der Waals surface area contributed by atoms with E-state index >= 15 is 0 Å². The second-order valence-electron chi connectivity index (χ2n) is 5.21. The van der Waals surface area contributed by atoms with Crippen molar-refractivity contribution < 1.29 is 0 Å². The molecule has 0 spiro atoms. The Morgan fingerprint density at radius 3 is 2.64 bits per heavy atom. The van der Waals surface area contributed by atoms with Gasteiger partial charge >= 0.3 is 0 Å². The standard InChI is InChI=1S/C16H19Cl2N3O/c1-11-15(14(18)16(22)21(2)20-11)19-13(8-9-17)10-12-6-4-3-5-7-12/h3-7,13,19H,8-10H2,1-2H3. The van der Waals surface area contributed by atoms with Crippen molar-refractivity contribution in [2.75, 3.05) is 11.2 Å². The van der Waals surface area contributed by atoms with Gasteiger partial charge in [-0.25, -0.2) is 4.68 Å². The van der Waals surface area contributed by atoms with Crippen LogP contribution in [0.1, 0.15) is 17.7 Å². The highest BCUT2D eigenvalue weighted by atomic mass is 35.5. The van der Waals surface area contributed by atoms with Crippen molar-refractivity contribution in [3.05, 3.63) is 57.0 Å². The molecule has 2 rings (SSSR count). The second kappa shape index (κ2) is 7.65. The van der Waals surface area contributed by atoms with Gasteiger partial charge in [-0.1, -0.05) is 41.9 Å². The number of alkyl halides is 1. The summed E-state index contributed by atoms with van der Waals surface area (Å²) in [4.78, 5) is 11.9. The first-order chi connectivity index (χ1) is 10.5. The van der Waals surface area contributed by atoms with E-state index < -0.39 is 0 Å². The molecule has 1 unspecified atom stereocenters. The van der Waals surface area contributed by atoms with Crippen LogP contribution in [0.5, 0.6) is 0 Å². The third kappa shape index (κ3) is 4.02. The van der Waals surface area contributed by atoms with Gasteiger partial charge < -0.3 is 5.32 Å². The molecule has 0 bridgehead atoms. The van der Waals surface area contributed by atoms with Gasteiger partial charge in [-0.3, -0.25) is 4.79 Å². The maximum Gasteiger partial charge on any atom is 0.287 e. The highest BCUT2D eigenvalue weighted by Gasteiger charge is 2.16. The van der Waals surface area contributed by atoms with E-state index in [1.54, 1.807) is 7.05 Å². The SMILES string of the molecule is Cc1nn(C)c(=O)c(Cl)c1NC(CCCl)Cc1ccccc1. The first kappa shape index (κ1) is 16.8. The molecule has 1 atom stereocenters. The van der Waals surface area contributed by atoms with Crippen molar-refractivity contribution in [2.45, 2.75) is 25.8 Å². The summed E-state index contributed by atoms with van der Waals surface area (Å²) in [7, 11) is 1.59. The molecule has 118 valence electrons. The largest absolute Gasteiger partial charge is 0.379 e. The second-order valence-corrected chi connectivity index (χ2v) is 5.97. The van der Waals surface area contributed by atoms with Crippen molar-refractivity contribution >= 4 is 28.9 Å². The van der Waals surface area contributed by atoms with Gasteiger partial charge in [0, 0.05) is 19.0 Å². The minimum Gasteiger partial charge on any atom is -0.379 e. The van der Waals surface area contributed by atoms with Crippen molar-refractivity contribution in [3.8, 4) is 0 Å². The minimum atomic E-state index is -0.306. The fraction of sp³-hybridized carbons (Fsp3) is 0.375. The molecule has 0 aliphatic carbocycles. The quantitative estimate of drug-likeness (QED) is 0.820. The monoisotopic (exact) mass is 339 g/mol. The molecule has 6 heteroatoms. The molecule has 0 fully saturated rings. The number of aryl methyl sites for hydroxylation is 2. The van der Waals surface area contributed by atoms with Crippen LogP contribution in [0.3, 0.4) is 0 Å². The van der Waals surface area contributed by atoms with E-state index in [1.165, 1.54) is 10.2 Å². The number of hydrogen-bond donors (Lipinski definition) is 1. The molecular weight excluding hydrogens is 321 g/mol. The molecule has 1 heterocycles. The lowest BCUT2D eigenvalue weighted by Gasteiger charge is -2.21. The van der Waals surface area contributed by atoms with Gasteiger partial charge in [-0.15, -0.1) is 11.6 Å². The van der Waals surface area contributed by atoms with Gasteiger partial charge in [0.2, 0.25) is 0 Å². The average Bonchev–Trinajstić information content (AvgIpc) is 2.50. The van der Waals surface area contributed by atoms with Crippen LogP contribution < -0.4 is 10.9 Å². The van der Waals surface area contributed by atoms with E-state index in [9.17, 15) is 4.79 Å². The van der Waals surface area contributed by atoms with E-state index in [1.807, 2.05) is 25.1 Å². The zero-order chi connectivity index (χ0) is 16.1. The maximum atomic E-state index is 11.9. The van der Waals surface area contributed by atoms with Crippen LogP contribution in [0, 0.1) is 6.92 Å². The lowest BCUT2D eigenvalue weighted by molar-refractivity contribution is 0.672. The number of rotatable bonds is 6. The van der Waals surface area contributed by atoms with Crippen LogP contribution in [0.25, 0.3) is 0 Å². The first-order valence-electron chi connectivity index (χ1n) is 7.12. The summed E-state index contributed by atoms with van der Waals surface area (Å²) in [5.74, 6) is 0.527. The van der Waals surface area contributed by atoms with Gasteiger partial charge in [-0.05, 0) is 25.3 Å². The zero-order valence-electron chi connectivity index (χ0n) is 12.6. The maximum absolute atomic E-state index is 11.9. The Bertz CT molecular complexity index is 686. The Balaban J connectivity index is 2.25. The molecule has 4 nitrogen and oxygen atoms in total. The number of benzene rings is 1.